The number of pyridine rings is 1. The Hall–Kier alpha value is -1.86. The Labute approximate surface area is 106 Å². The van der Waals surface area contributed by atoms with Crippen LogP contribution in [0.15, 0.2) is 10.9 Å². The van der Waals surface area contributed by atoms with Crippen LogP contribution in [0.1, 0.15) is 35.0 Å². The summed E-state index contributed by atoms with van der Waals surface area (Å²) < 4.78 is 0. The molecule has 0 radical (unpaired) electrons. The second kappa shape index (κ2) is 4.43. The van der Waals surface area contributed by atoms with E-state index in [-0.39, 0.29) is 5.92 Å². The predicted octanol–water partition coefficient (Wildman–Crippen LogP) is 1.54. The molecule has 2 heterocycles. The molecule has 6 nitrogen and oxygen atoms in total. The maximum absolute atomic E-state index is 11.7. The first kappa shape index (κ1) is 12.6. The summed E-state index contributed by atoms with van der Waals surface area (Å²) in [6.07, 6.45) is 0. The van der Waals surface area contributed by atoms with Gasteiger partial charge in [0.2, 0.25) is 0 Å². The van der Waals surface area contributed by atoms with E-state index in [9.17, 15) is 14.7 Å². The number of thiophene rings is 1. The van der Waals surface area contributed by atoms with Crippen molar-refractivity contribution in [1.82, 2.24) is 10.5 Å². The summed E-state index contributed by atoms with van der Waals surface area (Å²) in [5.74, 6) is -1.20. The molecule has 2 aromatic rings. The largest absolute Gasteiger partial charge is 0.506 e. The topological polar surface area (TPSA) is 102 Å². The summed E-state index contributed by atoms with van der Waals surface area (Å²) in [6, 6.07) is 1.73. The normalized spacial score (nSPS) is 11.1. The molecule has 0 aliphatic rings. The molecule has 96 valence electrons. The van der Waals surface area contributed by atoms with E-state index < -0.39 is 22.8 Å². The van der Waals surface area contributed by atoms with Crippen LogP contribution in [0.3, 0.4) is 0 Å². The molecule has 1 amide bonds. The zero-order valence-electron chi connectivity index (χ0n) is 9.77. The first-order valence-electron chi connectivity index (χ1n) is 5.28. The van der Waals surface area contributed by atoms with E-state index in [1.807, 2.05) is 13.8 Å². The molecule has 0 bridgehead atoms. The minimum Gasteiger partial charge on any atom is -0.506 e. The van der Waals surface area contributed by atoms with Gasteiger partial charge in [0.1, 0.15) is 16.1 Å². The van der Waals surface area contributed by atoms with Crippen molar-refractivity contribution in [3.8, 4) is 5.75 Å². The number of hydrogen-bond donors (Lipinski definition) is 4. The van der Waals surface area contributed by atoms with Crippen molar-refractivity contribution in [2.45, 2.75) is 19.8 Å². The van der Waals surface area contributed by atoms with E-state index in [2.05, 4.69) is 4.98 Å². The standard InChI is InChI=1S/C11H12N2O4S/c1-4(2)6-3-5-8(14)7(10(16)13-17)9(15)12-11(5)18-6/h3-4,17H,1-2H3,(H,13,16)(H2,12,14,15). The van der Waals surface area contributed by atoms with Gasteiger partial charge in [0.15, 0.2) is 0 Å². The first-order valence-corrected chi connectivity index (χ1v) is 6.10. The van der Waals surface area contributed by atoms with Crippen molar-refractivity contribution in [3.63, 3.8) is 0 Å². The highest BCUT2D eigenvalue weighted by molar-refractivity contribution is 7.18. The van der Waals surface area contributed by atoms with Gasteiger partial charge in [-0.2, -0.15) is 0 Å². The lowest BCUT2D eigenvalue weighted by Gasteiger charge is -2.01. The van der Waals surface area contributed by atoms with Gasteiger partial charge in [-0.1, -0.05) is 13.8 Å². The lowest BCUT2D eigenvalue weighted by Crippen LogP contribution is -2.27. The Bertz CT molecular complexity index is 671. The van der Waals surface area contributed by atoms with Gasteiger partial charge in [-0.25, -0.2) is 5.48 Å². The number of carbonyl (C=O) groups excluding carboxylic acids is 1. The number of aromatic amines is 1. The van der Waals surface area contributed by atoms with Crippen molar-refractivity contribution >= 4 is 27.5 Å². The van der Waals surface area contributed by atoms with E-state index >= 15 is 0 Å². The number of H-pyrrole nitrogens is 1. The van der Waals surface area contributed by atoms with E-state index in [1.54, 1.807) is 6.07 Å². The van der Waals surface area contributed by atoms with Gasteiger partial charge in [0.25, 0.3) is 11.5 Å². The van der Waals surface area contributed by atoms with Gasteiger partial charge >= 0.3 is 0 Å². The van der Waals surface area contributed by atoms with Gasteiger partial charge in [0.05, 0.1) is 5.39 Å². The molecule has 0 saturated heterocycles. The number of fused-ring (bicyclic) bond motifs is 1. The van der Waals surface area contributed by atoms with Crippen LogP contribution in [-0.4, -0.2) is 21.2 Å². The molecule has 0 aromatic carbocycles. The fraction of sp³-hybridized carbons (Fsp3) is 0.273. The molecule has 7 heteroatoms. The fourth-order valence-corrected chi connectivity index (χ4v) is 2.70. The number of aromatic hydroxyl groups is 1. The fourth-order valence-electron chi connectivity index (χ4n) is 1.64. The number of rotatable bonds is 2. The van der Waals surface area contributed by atoms with Gasteiger partial charge in [0, 0.05) is 4.88 Å². The van der Waals surface area contributed by atoms with Crippen LogP contribution in [0.4, 0.5) is 0 Å². The zero-order valence-corrected chi connectivity index (χ0v) is 10.6. The van der Waals surface area contributed by atoms with Crippen molar-refractivity contribution in [3.05, 3.63) is 26.9 Å². The van der Waals surface area contributed by atoms with E-state index in [1.165, 1.54) is 16.8 Å². The summed E-state index contributed by atoms with van der Waals surface area (Å²) in [4.78, 5) is 27.0. The molecule has 2 aromatic heterocycles. The average molecular weight is 268 g/mol. The van der Waals surface area contributed by atoms with Gasteiger partial charge < -0.3 is 10.1 Å². The van der Waals surface area contributed by atoms with Crippen LogP contribution < -0.4 is 11.0 Å². The molecule has 0 spiro atoms. The minimum absolute atomic E-state index is 0.250. The minimum atomic E-state index is -1.03. The van der Waals surface area contributed by atoms with Gasteiger partial charge in [-0.15, -0.1) is 11.3 Å². The van der Waals surface area contributed by atoms with E-state index in [4.69, 9.17) is 5.21 Å². The maximum atomic E-state index is 11.7. The average Bonchev–Trinajstić information content (AvgIpc) is 2.72. The van der Waals surface area contributed by atoms with Crippen molar-refractivity contribution in [1.29, 1.82) is 0 Å². The monoisotopic (exact) mass is 268 g/mol. The van der Waals surface area contributed by atoms with Crippen LogP contribution >= 0.6 is 11.3 Å². The number of amides is 1. The highest BCUT2D eigenvalue weighted by atomic mass is 32.1. The molecule has 0 aliphatic carbocycles. The second-order valence-electron chi connectivity index (χ2n) is 4.16. The van der Waals surface area contributed by atoms with Crippen molar-refractivity contribution in [2.75, 3.05) is 0 Å². The van der Waals surface area contributed by atoms with Gasteiger partial charge in [-0.3, -0.25) is 14.8 Å². The quantitative estimate of drug-likeness (QED) is 0.490. The SMILES string of the molecule is CC(C)c1cc2c(O)c(C(=O)NO)c(=O)[nH]c2s1. The Morgan fingerprint density at radius 1 is 1.50 bits per heavy atom. The summed E-state index contributed by atoms with van der Waals surface area (Å²) in [7, 11) is 0. The molecule has 0 aliphatic heterocycles. The third kappa shape index (κ3) is 1.87. The summed E-state index contributed by atoms with van der Waals surface area (Å²) in [6.45, 7) is 3.97. The third-order valence-electron chi connectivity index (χ3n) is 2.59. The lowest BCUT2D eigenvalue weighted by molar-refractivity contribution is 0.0702. The van der Waals surface area contributed by atoms with Gasteiger partial charge in [-0.05, 0) is 12.0 Å². The van der Waals surface area contributed by atoms with Crippen LogP contribution in [0.5, 0.6) is 5.75 Å². The van der Waals surface area contributed by atoms with E-state index in [0.29, 0.717) is 10.2 Å². The third-order valence-corrected chi connectivity index (χ3v) is 3.95. The second-order valence-corrected chi connectivity index (χ2v) is 5.25. The molecule has 18 heavy (non-hydrogen) atoms. The summed E-state index contributed by atoms with van der Waals surface area (Å²) in [5, 5.41) is 18.9. The Morgan fingerprint density at radius 3 is 2.72 bits per heavy atom. The van der Waals surface area contributed by atoms with Crippen molar-refractivity contribution < 1.29 is 15.1 Å². The Balaban J connectivity index is 2.77. The smallest absolute Gasteiger partial charge is 0.284 e. The Kier molecular flexibility index (Phi) is 3.10. The molecule has 0 fully saturated rings. The number of nitrogens with one attached hydrogen (secondary N) is 2. The molecule has 0 saturated carbocycles. The van der Waals surface area contributed by atoms with Crippen LogP contribution in [0.25, 0.3) is 10.2 Å². The highest BCUT2D eigenvalue weighted by Gasteiger charge is 2.20. The molecule has 0 unspecified atom stereocenters. The zero-order chi connectivity index (χ0) is 13.4. The predicted molar refractivity (Wildman–Crippen MR) is 67.5 cm³/mol. The van der Waals surface area contributed by atoms with Crippen LogP contribution in [0, 0.1) is 0 Å². The van der Waals surface area contributed by atoms with Crippen molar-refractivity contribution in [2.24, 2.45) is 0 Å². The lowest BCUT2D eigenvalue weighted by atomic mass is 10.1. The number of carbonyl (C=O) groups is 1. The van der Waals surface area contributed by atoms with Crippen LogP contribution in [-0.2, 0) is 0 Å². The highest BCUT2D eigenvalue weighted by Crippen LogP contribution is 2.34. The molecule has 0 atom stereocenters. The summed E-state index contributed by atoms with van der Waals surface area (Å²) in [5.41, 5.74) is 0.121. The molecular formula is C11H12N2O4S. The first-order chi connectivity index (χ1) is 8.45. The molecule has 4 N–H and O–H groups in total. The van der Waals surface area contributed by atoms with Crippen LogP contribution in [0.2, 0.25) is 0 Å². The number of aromatic nitrogens is 1. The number of hydroxylamine groups is 1. The summed E-state index contributed by atoms with van der Waals surface area (Å²) >= 11 is 1.35. The van der Waals surface area contributed by atoms with E-state index in [0.717, 1.165) is 4.88 Å². The number of hydrogen-bond acceptors (Lipinski definition) is 5. The maximum Gasteiger partial charge on any atom is 0.284 e. The molecular weight excluding hydrogens is 256 g/mol. The molecule has 2 rings (SSSR count). The Morgan fingerprint density at radius 2 is 2.17 bits per heavy atom.